The number of allylic oxidation sites excluding steroid dienone is 1. The Morgan fingerprint density at radius 2 is 1.95 bits per heavy atom. The number of methoxy groups -OCH3 is 2. The number of ether oxygens (including phenoxy) is 3. The third-order valence-electron chi connectivity index (χ3n) is 6.88. The normalized spacial score (nSPS) is 21.1. The summed E-state index contributed by atoms with van der Waals surface area (Å²) in [4.78, 5) is 36.2. The van der Waals surface area contributed by atoms with Crippen molar-refractivity contribution in [3.05, 3.63) is 69.4 Å². The molecule has 3 aromatic rings. The molecule has 0 unspecified atom stereocenters. The van der Waals surface area contributed by atoms with Crippen LogP contribution in [0.15, 0.2) is 58.1 Å². The number of aliphatic hydroxyl groups excluding tert-OH is 1. The van der Waals surface area contributed by atoms with Crippen molar-refractivity contribution in [2.45, 2.75) is 32.4 Å². The molecule has 0 amide bonds. The maximum atomic E-state index is 13.9. The second-order valence-corrected chi connectivity index (χ2v) is 10.4. The molecule has 2 atom stereocenters. The van der Waals surface area contributed by atoms with Crippen molar-refractivity contribution < 1.29 is 28.9 Å². The van der Waals surface area contributed by atoms with Crippen molar-refractivity contribution in [1.29, 1.82) is 0 Å². The van der Waals surface area contributed by atoms with Crippen LogP contribution in [0.4, 0.5) is 0 Å². The van der Waals surface area contributed by atoms with E-state index in [9.17, 15) is 14.7 Å². The molecule has 196 valence electrons. The van der Waals surface area contributed by atoms with Crippen molar-refractivity contribution in [1.82, 2.24) is 4.98 Å². The number of Topliss-reactive ketones (excluding diaryl/α,β-unsaturated/α-hetero) is 2. The maximum absolute atomic E-state index is 13.9. The number of ketones is 2. The van der Waals surface area contributed by atoms with Crippen LogP contribution in [0.25, 0.3) is 10.6 Å². The first-order chi connectivity index (χ1) is 18.2. The number of aromatic nitrogens is 1. The van der Waals surface area contributed by atoms with E-state index in [0.29, 0.717) is 0 Å². The summed E-state index contributed by atoms with van der Waals surface area (Å²) in [5.74, 6) is -1.52. The van der Waals surface area contributed by atoms with Gasteiger partial charge in [-0.3, -0.25) is 14.6 Å². The smallest absolute Gasteiger partial charge is 0.231 e. The highest BCUT2D eigenvalue weighted by molar-refractivity contribution is 7.13. The lowest BCUT2D eigenvalue weighted by atomic mass is 9.72. The van der Waals surface area contributed by atoms with Gasteiger partial charge < -0.3 is 19.3 Å². The Kier molecular flexibility index (Phi) is 6.75. The second kappa shape index (κ2) is 9.89. The number of carbonyl (C=O) groups is 2. The van der Waals surface area contributed by atoms with E-state index in [2.05, 4.69) is 9.98 Å². The quantitative estimate of drug-likeness (QED) is 0.381. The molecule has 0 fully saturated rings. The van der Waals surface area contributed by atoms with Crippen LogP contribution in [0, 0.1) is 5.92 Å². The molecule has 2 aromatic carbocycles. The van der Waals surface area contributed by atoms with Gasteiger partial charge >= 0.3 is 0 Å². The fourth-order valence-electron chi connectivity index (χ4n) is 4.90. The van der Waals surface area contributed by atoms with Crippen LogP contribution in [-0.4, -0.2) is 47.2 Å². The molecule has 10 heteroatoms. The molecule has 0 saturated heterocycles. The van der Waals surface area contributed by atoms with Gasteiger partial charge in [0.25, 0.3) is 0 Å². The minimum atomic E-state index is -1.84. The number of hydrogen-bond donors (Lipinski definition) is 1. The summed E-state index contributed by atoms with van der Waals surface area (Å²) in [6.45, 7) is 3.51. The summed E-state index contributed by atoms with van der Waals surface area (Å²) in [5, 5.41) is 14.4. The van der Waals surface area contributed by atoms with Crippen molar-refractivity contribution in [2.24, 2.45) is 10.9 Å². The third-order valence-corrected chi connectivity index (χ3v) is 8.18. The van der Waals surface area contributed by atoms with Crippen LogP contribution in [0.1, 0.15) is 36.3 Å². The Morgan fingerprint density at radius 1 is 1.24 bits per heavy atom. The van der Waals surface area contributed by atoms with Crippen molar-refractivity contribution in [2.75, 3.05) is 14.2 Å². The molecule has 1 aliphatic carbocycles. The van der Waals surface area contributed by atoms with Gasteiger partial charge in [0, 0.05) is 35.1 Å². The Morgan fingerprint density at radius 3 is 2.63 bits per heavy atom. The van der Waals surface area contributed by atoms with Crippen molar-refractivity contribution >= 4 is 40.2 Å². The Balaban J connectivity index is 1.52. The van der Waals surface area contributed by atoms with E-state index in [1.807, 2.05) is 35.7 Å². The van der Waals surface area contributed by atoms with E-state index in [1.54, 1.807) is 13.8 Å². The van der Waals surface area contributed by atoms with Crippen LogP contribution < -0.4 is 14.2 Å². The van der Waals surface area contributed by atoms with Gasteiger partial charge in [-0.2, -0.15) is 0 Å². The maximum Gasteiger partial charge on any atom is 0.231 e. The molecule has 8 nitrogen and oxygen atoms in total. The number of carbonyl (C=O) groups excluding carboxylic acids is 2. The lowest BCUT2D eigenvalue weighted by Crippen LogP contribution is -2.53. The van der Waals surface area contributed by atoms with Gasteiger partial charge in [-0.05, 0) is 6.92 Å². The molecule has 1 aliphatic heterocycles. The van der Waals surface area contributed by atoms with Gasteiger partial charge in [-0.15, -0.1) is 11.3 Å². The van der Waals surface area contributed by atoms with Crippen LogP contribution in [0.2, 0.25) is 5.02 Å². The Hall–Kier alpha value is -3.69. The fraction of sp³-hybridized carbons (Fsp3) is 0.286. The standard InChI is InChI=1S/C28H25ClN2O6S/c1-14-10-18(32)21(15(2)30-12-17-13-38-27(31-17)16-8-6-5-7-9-16)25(33)28(14)26(34)22-19(35-3)11-20(36-4)23(29)24(22)37-28/h5-9,11,13-14,33H,10,12H2,1-4H3/t14-,28+/m1/s1. The van der Waals surface area contributed by atoms with Gasteiger partial charge in [0.1, 0.15) is 27.1 Å². The van der Waals surface area contributed by atoms with Gasteiger partial charge in [0.05, 0.1) is 32.0 Å². The second-order valence-electron chi connectivity index (χ2n) is 9.13. The molecule has 2 heterocycles. The van der Waals surface area contributed by atoms with Crippen molar-refractivity contribution in [3.63, 3.8) is 0 Å². The lowest BCUT2D eigenvalue weighted by Gasteiger charge is -2.37. The van der Waals surface area contributed by atoms with Gasteiger partial charge in [0.2, 0.25) is 11.4 Å². The summed E-state index contributed by atoms with van der Waals surface area (Å²) in [6.07, 6.45) is -0.0299. The van der Waals surface area contributed by atoms with Gasteiger partial charge in [-0.1, -0.05) is 48.9 Å². The first kappa shape index (κ1) is 25.9. The molecule has 2 aliphatic rings. The van der Waals surface area contributed by atoms with E-state index in [4.69, 9.17) is 25.8 Å². The molecule has 1 spiro atoms. The summed E-state index contributed by atoms with van der Waals surface area (Å²) < 4.78 is 16.9. The molecular weight excluding hydrogens is 528 g/mol. The van der Waals surface area contributed by atoms with Crippen LogP contribution in [0.5, 0.6) is 17.2 Å². The van der Waals surface area contributed by atoms with E-state index >= 15 is 0 Å². The highest BCUT2D eigenvalue weighted by atomic mass is 35.5. The van der Waals surface area contributed by atoms with Crippen molar-refractivity contribution in [3.8, 4) is 27.8 Å². The lowest BCUT2D eigenvalue weighted by molar-refractivity contribution is -0.118. The molecule has 0 radical (unpaired) electrons. The monoisotopic (exact) mass is 552 g/mol. The average Bonchev–Trinajstić information content (AvgIpc) is 3.51. The van der Waals surface area contributed by atoms with Gasteiger partial charge in [-0.25, -0.2) is 4.98 Å². The number of rotatable bonds is 6. The predicted octanol–water partition coefficient (Wildman–Crippen LogP) is 5.88. The topological polar surface area (TPSA) is 107 Å². The van der Waals surface area contributed by atoms with Gasteiger partial charge in [0.15, 0.2) is 17.3 Å². The van der Waals surface area contributed by atoms with E-state index in [1.165, 1.54) is 31.6 Å². The number of benzene rings is 2. The number of hydrogen-bond acceptors (Lipinski definition) is 9. The molecule has 5 rings (SSSR count). The number of aliphatic hydroxyl groups is 1. The predicted molar refractivity (Wildman–Crippen MR) is 145 cm³/mol. The molecular formula is C28H25ClN2O6S. The van der Waals surface area contributed by atoms with E-state index < -0.39 is 23.1 Å². The van der Waals surface area contributed by atoms with Crippen LogP contribution in [-0.2, 0) is 11.3 Å². The minimum absolute atomic E-state index is 0.0299. The number of halogens is 1. The molecule has 38 heavy (non-hydrogen) atoms. The summed E-state index contributed by atoms with van der Waals surface area (Å²) in [6, 6.07) is 11.3. The minimum Gasteiger partial charge on any atom is -0.507 e. The Labute approximate surface area is 228 Å². The third kappa shape index (κ3) is 3.97. The summed E-state index contributed by atoms with van der Waals surface area (Å²) >= 11 is 7.99. The largest absolute Gasteiger partial charge is 0.507 e. The summed E-state index contributed by atoms with van der Waals surface area (Å²) in [7, 11) is 2.84. The first-order valence-electron chi connectivity index (χ1n) is 11.9. The molecule has 0 saturated carbocycles. The number of fused-ring (bicyclic) bond motifs is 1. The van der Waals surface area contributed by atoms with E-state index in [0.717, 1.165) is 16.3 Å². The SMILES string of the molecule is COc1cc(OC)c2c(c1Cl)O[C@]1(C2=O)C(O)=C(C(C)=NCc2csc(-c3ccccc3)n2)C(=O)C[C@H]1C. The Bertz CT molecular complexity index is 1510. The zero-order chi connectivity index (χ0) is 27.2. The highest BCUT2D eigenvalue weighted by Crippen LogP contribution is 2.54. The highest BCUT2D eigenvalue weighted by Gasteiger charge is 2.61. The number of aliphatic imine (C=N–C) groups is 1. The number of nitrogens with zero attached hydrogens (tertiary/aromatic N) is 2. The van der Waals surface area contributed by atoms with Crippen LogP contribution in [0.3, 0.4) is 0 Å². The average molecular weight is 553 g/mol. The zero-order valence-electron chi connectivity index (χ0n) is 21.2. The van der Waals surface area contributed by atoms with Crippen LogP contribution >= 0.6 is 22.9 Å². The molecule has 1 aromatic heterocycles. The zero-order valence-corrected chi connectivity index (χ0v) is 22.8. The summed E-state index contributed by atoms with van der Waals surface area (Å²) in [5.41, 5.74) is 0.234. The number of thiazole rings is 1. The molecule has 0 bridgehead atoms. The first-order valence-corrected chi connectivity index (χ1v) is 13.1. The molecule has 1 N–H and O–H groups in total. The fourth-order valence-corrected chi connectivity index (χ4v) is 5.98. The van der Waals surface area contributed by atoms with E-state index in [-0.39, 0.29) is 57.9 Å².